The van der Waals surface area contributed by atoms with Crippen molar-refractivity contribution in [2.75, 3.05) is 19.7 Å². The molecule has 2 rings (SSSR count). The molecule has 2 heterocycles. The number of carbonyl (C=O) groups excluding carboxylic acids is 1. The van der Waals surface area contributed by atoms with Crippen LogP contribution >= 0.6 is 0 Å². The number of ether oxygens (including phenoxy) is 1. The molecular weight excluding hydrogens is 238 g/mol. The summed E-state index contributed by atoms with van der Waals surface area (Å²) in [7, 11) is 0. The van der Waals surface area contributed by atoms with Gasteiger partial charge in [0.05, 0.1) is 18.7 Å². The van der Waals surface area contributed by atoms with E-state index in [2.05, 4.69) is 9.97 Å². The maximum atomic E-state index is 11.9. The molecule has 7 nitrogen and oxygen atoms in total. The van der Waals surface area contributed by atoms with Crippen LogP contribution < -0.4 is 0 Å². The Morgan fingerprint density at radius 1 is 1.44 bits per heavy atom. The van der Waals surface area contributed by atoms with Crippen molar-refractivity contribution in [3.8, 4) is 0 Å². The van der Waals surface area contributed by atoms with Gasteiger partial charge in [0.1, 0.15) is 18.5 Å². The average molecular weight is 251 g/mol. The molecular formula is C11H13N3O4. The van der Waals surface area contributed by atoms with Crippen molar-refractivity contribution in [1.29, 1.82) is 0 Å². The second-order valence-corrected chi connectivity index (χ2v) is 4.42. The van der Waals surface area contributed by atoms with Crippen LogP contribution in [0.1, 0.15) is 17.3 Å². The van der Waals surface area contributed by atoms with Crippen LogP contribution in [-0.4, -0.2) is 57.1 Å². The Kier molecular flexibility index (Phi) is 3.24. The van der Waals surface area contributed by atoms with Crippen molar-refractivity contribution in [3.05, 3.63) is 24.3 Å². The molecule has 1 amide bonds. The first-order valence-electron chi connectivity index (χ1n) is 5.40. The highest BCUT2D eigenvalue weighted by Crippen LogP contribution is 2.25. The van der Waals surface area contributed by atoms with E-state index in [4.69, 9.17) is 9.84 Å². The first-order chi connectivity index (χ1) is 8.50. The van der Waals surface area contributed by atoms with Crippen molar-refractivity contribution >= 4 is 11.9 Å². The number of likely N-dealkylation sites (tertiary alicyclic amines) is 1. The van der Waals surface area contributed by atoms with E-state index < -0.39 is 11.6 Å². The van der Waals surface area contributed by atoms with Gasteiger partial charge in [0.2, 0.25) is 0 Å². The summed E-state index contributed by atoms with van der Waals surface area (Å²) < 4.78 is 5.22. The maximum absolute atomic E-state index is 11.9. The van der Waals surface area contributed by atoms with Gasteiger partial charge < -0.3 is 14.7 Å². The van der Waals surface area contributed by atoms with Crippen molar-refractivity contribution < 1.29 is 19.4 Å². The summed E-state index contributed by atoms with van der Waals surface area (Å²) in [5.41, 5.74) is -0.165. The van der Waals surface area contributed by atoms with Gasteiger partial charge in [-0.15, -0.1) is 0 Å². The van der Waals surface area contributed by atoms with Crippen molar-refractivity contribution in [2.45, 2.75) is 12.5 Å². The summed E-state index contributed by atoms with van der Waals surface area (Å²) in [4.78, 5) is 31.4. The molecule has 0 aromatic carbocycles. The maximum Gasteiger partial charge on any atom is 0.329 e. The molecule has 1 fully saturated rings. The lowest BCUT2D eigenvalue weighted by molar-refractivity contribution is -0.159. The lowest BCUT2D eigenvalue weighted by Crippen LogP contribution is -2.63. The number of amides is 1. The molecule has 0 spiro atoms. The van der Waals surface area contributed by atoms with Gasteiger partial charge >= 0.3 is 5.97 Å². The number of rotatable bonds is 4. The summed E-state index contributed by atoms with van der Waals surface area (Å²) >= 11 is 0. The van der Waals surface area contributed by atoms with E-state index in [1.54, 1.807) is 11.8 Å². The fraction of sp³-hybridized carbons (Fsp3) is 0.455. The molecule has 0 aliphatic carbocycles. The molecule has 1 aromatic rings. The van der Waals surface area contributed by atoms with Crippen LogP contribution in [-0.2, 0) is 9.53 Å². The zero-order chi connectivity index (χ0) is 13.2. The summed E-state index contributed by atoms with van der Waals surface area (Å²) in [5.74, 6) is -1.19. The normalized spacial score (nSPS) is 17.1. The molecule has 18 heavy (non-hydrogen) atoms. The highest BCUT2D eigenvalue weighted by atomic mass is 16.5. The van der Waals surface area contributed by atoms with Crippen molar-refractivity contribution in [3.63, 3.8) is 0 Å². The SMILES string of the molecule is CC1(OCC(=O)O)CN(C(=O)c2cncnc2)C1. The van der Waals surface area contributed by atoms with E-state index in [1.165, 1.54) is 18.7 Å². The van der Waals surface area contributed by atoms with Crippen LogP contribution in [0, 0.1) is 0 Å². The van der Waals surface area contributed by atoms with Crippen LogP contribution in [0.4, 0.5) is 0 Å². The van der Waals surface area contributed by atoms with Gasteiger partial charge in [-0.3, -0.25) is 4.79 Å². The van der Waals surface area contributed by atoms with Gasteiger partial charge in [-0.05, 0) is 6.92 Å². The summed E-state index contributed by atoms with van der Waals surface area (Å²) in [6.07, 6.45) is 4.25. The van der Waals surface area contributed by atoms with Gasteiger partial charge in [0.25, 0.3) is 5.91 Å². The van der Waals surface area contributed by atoms with Gasteiger partial charge in [0.15, 0.2) is 0 Å². The number of carbonyl (C=O) groups is 2. The minimum Gasteiger partial charge on any atom is -0.480 e. The first-order valence-corrected chi connectivity index (χ1v) is 5.40. The Morgan fingerprint density at radius 3 is 2.61 bits per heavy atom. The van der Waals surface area contributed by atoms with E-state index >= 15 is 0 Å². The first kappa shape index (κ1) is 12.4. The second-order valence-electron chi connectivity index (χ2n) is 4.42. The Labute approximate surface area is 103 Å². The number of hydrogen-bond acceptors (Lipinski definition) is 5. The van der Waals surface area contributed by atoms with Gasteiger partial charge in [-0.1, -0.05) is 0 Å². The second kappa shape index (κ2) is 4.69. The molecule has 1 aliphatic heterocycles. The molecule has 0 saturated carbocycles. The van der Waals surface area contributed by atoms with Crippen molar-refractivity contribution in [1.82, 2.24) is 14.9 Å². The fourth-order valence-corrected chi connectivity index (χ4v) is 1.82. The van der Waals surface area contributed by atoms with Crippen molar-refractivity contribution in [2.24, 2.45) is 0 Å². The molecule has 0 bridgehead atoms. The van der Waals surface area contributed by atoms with Crippen LogP contribution in [0.15, 0.2) is 18.7 Å². The molecule has 1 saturated heterocycles. The zero-order valence-electron chi connectivity index (χ0n) is 9.87. The lowest BCUT2D eigenvalue weighted by atomic mass is 9.95. The minimum absolute atomic E-state index is 0.174. The fourth-order valence-electron chi connectivity index (χ4n) is 1.82. The third-order valence-electron chi connectivity index (χ3n) is 2.69. The van der Waals surface area contributed by atoms with Gasteiger partial charge in [-0.2, -0.15) is 0 Å². The highest BCUT2D eigenvalue weighted by Gasteiger charge is 2.43. The summed E-state index contributed by atoms with van der Waals surface area (Å²) in [6.45, 7) is 2.16. The summed E-state index contributed by atoms with van der Waals surface area (Å²) in [5, 5.41) is 8.53. The standard InChI is InChI=1S/C11H13N3O4/c1-11(18-4-9(15)16)5-14(6-11)10(17)8-2-12-7-13-3-8/h2-3,7H,4-6H2,1H3,(H,15,16). The lowest BCUT2D eigenvalue weighted by Gasteiger charge is -2.47. The van der Waals surface area contributed by atoms with Gasteiger partial charge in [0, 0.05) is 12.4 Å². The Morgan fingerprint density at radius 2 is 2.06 bits per heavy atom. The number of aliphatic carboxylic acids is 1. The Bertz CT molecular complexity index is 457. The smallest absolute Gasteiger partial charge is 0.329 e. The third kappa shape index (κ3) is 2.62. The largest absolute Gasteiger partial charge is 0.480 e. The molecule has 1 N–H and O–H groups in total. The predicted molar refractivity (Wildman–Crippen MR) is 59.9 cm³/mol. The average Bonchev–Trinajstić information content (AvgIpc) is 2.33. The quantitative estimate of drug-likeness (QED) is 0.796. The summed E-state index contributed by atoms with van der Waals surface area (Å²) in [6, 6.07) is 0. The van der Waals surface area contributed by atoms with Crippen LogP contribution in [0.2, 0.25) is 0 Å². The third-order valence-corrected chi connectivity index (χ3v) is 2.69. The number of carboxylic acids is 1. The predicted octanol–water partition coefficient (Wildman–Crippen LogP) is -0.208. The van der Waals surface area contributed by atoms with Crippen LogP contribution in [0.5, 0.6) is 0 Å². The Hall–Kier alpha value is -2.02. The van der Waals surface area contributed by atoms with E-state index in [9.17, 15) is 9.59 Å². The molecule has 0 radical (unpaired) electrons. The zero-order valence-corrected chi connectivity index (χ0v) is 9.87. The number of nitrogens with zero attached hydrogens (tertiary/aromatic N) is 3. The Balaban J connectivity index is 1.89. The number of carboxylic acid groups (broad SMARTS) is 1. The topological polar surface area (TPSA) is 92.6 Å². The number of hydrogen-bond donors (Lipinski definition) is 1. The molecule has 0 atom stereocenters. The molecule has 7 heteroatoms. The minimum atomic E-state index is -1.02. The van der Waals surface area contributed by atoms with Gasteiger partial charge in [-0.25, -0.2) is 14.8 Å². The van der Waals surface area contributed by atoms with E-state index in [1.807, 2.05) is 0 Å². The monoisotopic (exact) mass is 251 g/mol. The van der Waals surface area contributed by atoms with Crippen LogP contribution in [0.3, 0.4) is 0 Å². The van der Waals surface area contributed by atoms with E-state index in [0.29, 0.717) is 18.7 Å². The molecule has 1 aromatic heterocycles. The van der Waals surface area contributed by atoms with Crippen LogP contribution in [0.25, 0.3) is 0 Å². The molecule has 0 unspecified atom stereocenters. The van der Waals surface area contributed by atoms with E-state index in [-0.39, 0.29) is 12.5 Å². The van der Waals surface area contributed by atoms with E-state index in [0.717, 1.165) is 0 Å². The highest BCUT2D eigenvalue weighted by molar-refractivity contribution is 5.94. The number of aromatic nitrogens is 2. The molecule has 1 aliphatic rings. The molecule has 96 valence electrons.